The summed E-state index contributed by atoms with van der Waals surface area (Å²) < 4.78 is 0. The molecule has 0 fully saturated rings. The summed E-state index contributed by atoms with van der Waals surface area (Å²) in [6.45, 7) is 0. The van der Waals surface area contributed by atoms with Crippen LogP contribution in [-0.2, 0) is 18.6 Å². The predicted octanol–water partition coefficient (Wildman–Crippen LogP) is -12.0. The van der Waals surface area contributed by atoms with Crippen LogP contribution in [0.1, 0.15) is 0 Å². The SMILES string of the molecule is [Cl-].[Cl-].[Cl-].[F-].[V+4]. The maximum atomic E-state index is 0. The van der Waals surface area contributed by atoms with Crippen LogP contribution in [0.15, 0.2) is 0 Å². The quantitative estimate of drug-likeness (QED) is 0.344. The molecule has 5 heavy (non-hydrogen) atoms. The molecule has 0 aliphatic rings. The van der Waals surface area contributed by atoms with Crippen molar-refractivity contribution in [1.82, 2.24) is 0 Å². The first-order valence-corrected chi connectivity index (χ1v) is 0. The molecule has 0 aromatic heterocycles. The average molecular weight is 176 g/mol. The first-order valence-electron chi connectivity index (χ1n) is 0. The normalized spacial score (nSPS) is 0. The Hall–Kier alpha value is 1.38. The molecule has 0 saturated heterocycles. The first-order chi connectivity index (χ1) is 0. The maximum absolute atomic E-state index is 0. The van der Waals surface area contributed by atoms with Gasteiger partial charge in [-0.1, -0.05) is 0 Å². The van der Waals surface area contributed by atoms with Crippen molar-refractivity contribution in [1.29, 1.82) is 0 Å². The van der Waals surface area contributed by atoms with Gasteiger partial charge in [0.1, 0.15) is 0 Å². The molecule has 0 nitrogen and oxygen atoms in total. The molecule has 0 heterocycles. The zero-order chi connectivity index (χ0) is 0. The number of halogens is 4. The second-order valence-corrected chi connectivity index (χ2v) is 0. The molecule has 0 rings (SSSR count). The molecule has 0 saturated carbocycles. The monoisotopic (exact) mass is 175 g/mol. The third-order valence-electron chi connectivity index (χ3n) is 0. The van der Waals surface area contributed by atoms with E-state index < -0.39 is 0 Å². The van der Waals surface area contributed by atoms with Gasteiger partial charge in [0.2, 0.25) is 0 Å². The molecule has 0 amide bonds. The van der Waals surface area contributed by atoms with Gasteiger partial charge in [-0.3, -0.25) is 0 Å². The Morgan fingerprint density at radius 2 is 0.600 bits per heavy atom. The third kappa shape index (κ3) is 32.2. The topological polar surface area (TPSA) is 0 Å². The van der Waals surface area contributed by atoms with E-state index in [9.17, 15) is 0 Å². The molecule has 0 unspecified atom stereocenters. The zero-order valence-corrected chi connectivity index (χ0v) is 5.62. The Morgan fingerprint density at radius 3 is 0.600 bits per heavy atom. The van der Waals surface area contributed by atoms with Gasteiger partial charge in [-0.2, -0.15) is 0 Å². The van der Waals surface area contributed by atoms with Crippen molar-refractivity contribution in [3.63, 3.8) is 0 Å². The predicted molar refractivity (Wildman–Crippen MR) is 0 cm³/mol. The Labute approximate surface area is 60.6 Å². The van der Waals surface area contributed by atoms with E-state index in [1.54, 1.807) is 0 Å². The van der Waals surface area contributed by atoms with Crippen molar-refractivity contribution in [2.45, 2.75) is 0 Å². The van der Waals surface area contributed by atoms with E-state index in [2.05, 4.69) is 0 Å². The van der Waals surface area contributed by atoms with Gasteiger partial charge in [-0.25, -0.2) is 0 Å². The van der Waals surface area contributed by atoms with Crippen LogP contribution in [-0.4, -0.2) is 0 Å². The van der Waals surface area contributed by atoms with Gasteiger partial charge in [0.15, 0.2) is 0 Å². The van der Waals surface area contributed by atoms with E-state index >= 15 is 0 Å². The van der Waals surface area contributed by atoms with Crippen molar-refractivity contribution >= 4 is 0 Å². The summed E-state index contributed by atoms with van der Waals surface area (Å²) in [5, 5.41) is 0. The van der Waals surface area contributed by atoms with Crippen molar-refractivity contribution < 1.29 is 60.5 Å². The summed E-state index contributed by atoms with van der Waals surface area (Å²) in [7, 11) is 0. The molecule has 0 aliphatic carbocycles. The number of hydrogen-bond donors (Lipinski definition) is 0. The summed E-state index contributed by atoms with van der Waals surface area (Å²) in [5.74, 6) is 0. The second kappa shape index (κ2) is 54.0. The molecule has 0 aromatic carbocycles. The van der Waals surface area contributed by atoms with E-state index in [0.717, 1.165) is 0 Å². The van der Waals surface area contributed by atoms with Crippen molar-refractivity contribution in [3.8, 4) is 0 Å². The van der Waals surface area contributed by atoms with E-state index in [1.807, 2.05) is 0 Å². The Kier molecular flexibility index (Phi) is 1040. The molecule has 0 atom stereocenters. The molecule has 0 aliphatic heterocycles. The van der Waals surface area contributed by atoms with Gasteiger partial charge in [-0.15, -0.1) is 0 Å². The van der Waals surface area contributed by atoms with Crippen LogP contribution in [0, 0.1) is 0 Å². The van der Waals surface area contributed by atoms with E-state index in [1.165, 1.54) is 0 Å². The maximum Gasteiger partial charge on any atom is 4.00 e. The number of rotatable bonds is 0. The van der Waals surface area contributed by atoms with E-state index in [-0.39, 0.29) is 60.5 Å². The summed E-state index contributed by atoms with van der Waals surface area (Å²) in [4.78, 5) is 0. The summed E-state index contributed by atoms with van der Waals surface area (Å²) in [5.41, 5.74) is 0. The molecule has 0 spiro atoms. The second-order valence-electron chi connectivity index (χ2n) is 0. The van der Waals surface area contributed by atoms with Gasteiger partial charge in [0, 0.05) is 0 Å². The average Bonchev–Trinajstić information content (AvgIpc) is 0. The smallest absolute Gasteiger partial charge is 1.00 e. The molecule has 0 bridgehead atoms. The van der Waals surface area contributed by atoms with Crippen LogP contribution in [0.2, 0.25) is 0 Å². The summed E-state index contributed by atoms with van der Waals surface area (Å²) >= 11 is 0. The van der Waals surface area contributed by atoms with Crippen molar-refractivity contribution in [2.75, 3.05) is 0 Å². The van der Waals surface area contributed by atoms with Crippen LogP contribution in [0.25, 0.3) is 0 Å². The van der Waals surface area contributed by atoms with Gasteiger partial charge >= 0.3 is 18.6 Å². The minimum Gasteiger partial charge on any atom is -1.00 e. The molecule has 1 radical (unpaired) electrons. The largest absolute Gasteiger partial charge is 4.00 e. The zero-order valence-electron chi connectivity index (χ0n) is 1.96. The Morgan fingerprint density at radius 1 is 0.600 bits per heavy atom. The third-order valence-corrected chi connectivity index (χ3v) is 0. The summed E-state index contributed by atoms with van der Waals surface area (Å²) in [6.07, 6.45) is 0. The molecule has 0 aromatic rings. The van der Waals surface area contributed by atoms with Gasteiger partial charge < -0.3 is 41.9 Å². The summed E-state index contributed by atoms with van der Waals surface area (Å²) in [6, 6.07) is 0. The minimum absolute atomic E-state index is 0. The fourth-order valence-corrected chi connectivity index (χ4v) is 0. The molecular weight excluding hydrogens is 176 g/mol. The molecule has 0 N–H and O–H groups in total. The molecular formula is Cl3FV. The van der Waals surface area contributed by atoms with Crippen LogP contribution in [0.3, 0.4) is 0 Å². The van der Waals surface area contributed by atoms with E-state index in [4.69, 9.17) is 0 Å². The van der Waals surface area contributed by atoms with E-state index in [0.29, 0.717) is 0 Å². The Balaban J connectivity index is 0. The fourth-order valence-electron chi connectivity index (χ4n) is 0. The molecule has 5 heteroatoms. The number of hydrogen-bond acceptors (Lipinski definition) is 0. The standard InChI is InChI=1S/3ClH.FH.V/h4*1H;/q;;;;+4/p-4. The van der Waals surface area contributed by atoms with Gasteiger partial charge in [0.05, 0.1) is 0 Å². The molecule has 33 valence electrons. The van der Waals surface area contributed by atoms with Crippen LogP contribution in [0.5, 0.6) is 0 Å². The van der Waals surface area contributed by atoms with Crippen molar-refractivity contribution in [3.05, 3.63) is 0 Å². The first kappa shape index (κ1) is 96.6. The minimum atomic E-state index is 0. The fraction of sp³-hybridized carbons (Fsp3) is 0. The van der Waals surface area contributed by atoms with Crippen molar-refractivity contribution in [2.24, 2.45) is 0 Å². The van der Waals surface area contributed by atoms with Crippen LogP contribution >= 0.6 is 0 Å². The van der Waals surface area contributed by atoms with Crippen LogP contribution in [0.4, 0.5) is 0 Å². The van der Waals surface area contributed by atoms with Gasteiger partial charge in [-0.05, 0) is 0 Å². The van der Waals surface area contributed by atoms with Gasteiger partial charge in [0.25, 0.3) is 0 Å². The Bertz CT molecular complexity index is 6.85. The van der Waals surface area contributed by atoms with Crippen LogP contribution < -0.4 is 41.9 Å².